The predicted molar refractivity (Wildman–Crippen MR) is 94.5 cm³/mol. The van der Waals surface area contributed by atoms with E-state index in [9.17, 15) is 20.4 Å². The van der Waals surface area contributed by atoms with Crippen LogP contribution in [0.5, 0.6) is 11.5 Å². The summed E-state index contributed by atoms with van der Waals surface area (Å²) in [7, 11) is 3.06. The number of rotatable bonds is 4. The summed E-state index contributed by atoms with van der Waals surface area (Å²) in [5, 5.41) is 43.3. The standard InChI is InChI=1S/C20H22O7/c1-25-13-7-3-11(4-8-13)19-15(21)17(23)20(27-19,18(24)16(19)22)12-5-9-14(26-2)10-6-12/h3-10,15-18,21-24H,1-2H3. The van der Waals surface area contributed by atoms with Crippen molar-refractivity contribution < 1.29 is 34.6 Å². The Kier molecular flexibility index (Phi) is 4.17. The van der Waals surface area contributed by atoms with Gasteiger partial charge in [0.15, 0.2) is 11.2 Å². The second kappa shape index (κ2) is 6.19. The molecule has 27 heavy (non-hydrogen) atoms. The normalized spacial score (nSPS) is 37.4. The van der Waals surface area contributed by atoms with Gasteiger partial charge in [0, 0.05) is 0 Å². The summed E-state index contributed by atoms with van der Waals surface area (Å²) in [5.41, 5.74) is -2.45. The minimum atomic E-state index is -1.66. The third kappa shape index (κ3) is 2.20. The quantitative estimate of drug-likeness (QED) is 0.609. The van der Waals surface area contributed by atoms with Crippen molar-refractivity contribution in [3.05, 3.63) is 59.7 Å². The van der Waals surface area contributed by atoms with Gasteiger partial charge >= 0.3 is 0 Å². The lowest BCUT2D eigenvalue weighted by atomic mass is 9.69. The monoisotopic (exact) mass is 374 g/mol. The van der Waals surface area contributed by atoms with E-state index in [1.807, 2.05) is 0 Å². The Morgan fingerprint density at radius 3 is 1.19 bits per heavy atom. The van der Waals surface area contributed by atoms with E-state index in [1.165, 1.54) is 14.2 Å². The van der Waals surface area contributed by atoms with Crippen molar-refractivity contribution in [2.24, 2.45) is 0 Å². The van der Waals surface area contributed by atoms with Crippen molar-refractivity contribution in [3.8, 4) is 11.5 Å². The molecule has 0 aromatic heterocycles. The molecule has 0 aliphatic carbocycles. The van der Waals surface area contributed by atoms with Crippen LogP contribution in [-0.4, -0.2) is 59.1 Å². The zero-order chi connectivity index (χ0) is 19.4. The highest BCUT2D eigenvalue weighted by atomic mass is 16.6. The summed E-state index contributed by atoms with van der Waals surface area (Å²) in [4.78, 5) is 0. The lowest BCUT2D eigenvalue weighted by molar-refractivity contribution is -0.138. The van der Waals surface area contributed by atoms with Crippen LogP contribution in [0.3, 0.4) is 0 Å². The fraction of sp³-hybridized carbons (Fsp3) is 0.400. The highest BCUT2D eigenvalue weighted by Crippen LogP contribution is 2.60. The fourth-order valence-corrected chi connectivity index (χ4v) is 4.31. The van der Waals surface area contributed by atoms with Crippen molar-refractivity contribution in [2.75, 3.05) is 14.2 Å². The maximum absolute atomic E-state index is 10.8. The van der Waals surface area contributed by atoms with Gasteiger partial charge < -0.3 is 34.6 Å². The maximum Gasteiger partial charge on any atom is 0.151 e. The van der Waals surface area contributed by atoms with Gasteiger partial charge in [-0.25, -0.2) is 0 Å². The molecule has 2 aromatic carbocycles. The van der Waals surface area contributed by atoms with Gasteiger partial charge in [0.25, 0.3) is 0 Å². The highest BCUT2D eigenvalue weighted by Gasteiger charge is 2.77. The molecule has 0 spiro atoms. The lowest BCUT2D eigenvalue weighted by Gasteiger charge is -2.40. The minimum absolute atomic E-state index is 0.439. The van der Waals surface area contributed by atoms with Crippen LogP contribution >= 0.6 is 0 Å². The van der Waals surface area contributed by atoms with Crippen molar-refractivity contribution in [3.63, 3.8) is 0 Å². The first-order chi connectivity index (χ1) is 12.9. The van der Waals surface area contributed by atoms with Crippen LogP contribution in [0.25, 0.3) is 0 Å². The van der Waals surface area contributed by atoms with Crippen LogP contribution in [-0.2, 0) is 15.9 Å². The summed E-state index contributed by atoms with van der Waals surface area (Å²) < 4.78 is 16.4. The average Bonchev–Trinajstić information content (AvgIpc) is 3.10. The van der Waals surface area contributed by atoms with E-state index in [1.54, 1.807) is 48.5 Å². The van der Waals surface area contributed by atoms with E-state index in [-0.39, 0.29) is 0 Å². The predicted octanol–water partition coefficient (Wildman–Crippen LogP) is 0.282. The smallest absolute Gasteiger partial charge is 0.151 e. The first-order valence-corrected chi connectivity index (χ1v) is 8.63. The molecule has 4 rings (SSSR count). The summed E-state index contributed by atoms with van der Waals surface area (Å²) in [6, 6.07) is 13.2. The Balaban J connectivity index is 1.83. The Hall–Kier alpha value is -2.16. The second-order valence-electron chi connectivity index (χ2n) is 6.92. The second-order valence-corrected chi connectivity index (χ2v) is 6.92. The van der Waals surface area contributed by atoms with Crippen LogP contribution in [0.1, 0.15) is 11.1 Å². The van der Waals surface area contributed by atoms with Gasteiger partial charge in [-0.3, -0.25) is 0 Å². The maximum atomic E-state index is 10.8. The molecule has 2 saturated heterocycles. The number of benzene rings is 2. The third-order valence-corrected chi connectivity index (χ3v) is 5.78. The molecule has 2 heterocycles. The zero-order valence-corrected chi connectivity index (χ0v) is 14.9. The number of hydrogen-bond donors (Lipinski definition) is 4. The number of methoxy groups -OCH3 is 2. The van der Waals surface area contributed by atoms with Gasteiger partial charge in [0.2, 0.25) is 0 Å². The number of ether oxygens (including phenoxy) is 3. The Morgan fingerprint density at radius 2 is 0.926 bits per heavy atom. The van der Waals surface area contributed by atoms with Gasteiger partial charge in [-0.05, 0) is 35.4 Å². The molecule has 4 atom stereocenters. The number of aliphatic hydroxyl groups is 4. The fourth-order valence-electron chi connectivity index (χ4n) is 4.31. The Bertz CT molecular complexity index is 732. The van der Waals surface area contributed by atoms with E-state index >= 15 is 0 Å². The molecule has 2 fully saturated rings. The van der Waals surface area contributed by atoms with E-state index in [0.717, 1.165) is 0 Å². The average molecular weight is 374 g/mol. The van der Waals surface area contributed by atoms with Crippen LogP contribution in [0.4, 0.5) is 0 Å². The first-order valence-electron chi connectivity index (χ1n) is 8.63. The van der Waals surface area contributed by atoms with E-state index in [2.05, 4.69) is 0 Å². The number of hydrogen-bond acceptors (Lipinski definition) is 7. The molecule has 4 N–H and O–H groups in total. The number of fused-ring (bicyclic) bond motifs is 2. The molecule has 2 aliphatic heterocycles. The zero-order valence-electron chi connectivity index (χ0n) is 14.9. The minimum Gasteiger partial charge on any atom is -0.497 e. The lowest BCUT2D eigenvalue weighted by Crippen LogP contribution is -2.61. The van der Waals surface area contributed by atoms with Crippen LogP contribution in [0.15, 0.2) is 48.5 Å². The first kappa shape index (κ1) is 18.2. The van der Waals surface area contributed by atoms with Gasteiger partial charge in [-0.15, -0.1) is 0 Å². The molecule has 2 aliphatic rings. The van der Waals surface area contributed by atoms with Gasteiger partial charge in [0.1, 0.15) is 35.9 Å². The molecular weight excluding hydrogens is 352 g/mol. The SMILES string of the molecule is COc1ccc(C23OC(c4ccc(OC)cc4)(C(O)C2O)C(O)C3O)cc1. The van der Waals surface area contributed by atoms with Crippen molar-refractivity contribution >= 4 is 0 Å². The molecule has 7 nitrogen and oxygen atoms in total. The van der Waals surface area contributed by atoms with E-state index in [4.69, 9.17) is 14.2 Å². The summed E-state index contributed by atoms with van der Waals surface area (Å²) >= 11 is 0. The van der Waals surface area contributed by atoms with E-state index < -0.39 is 35.6 Å². The van der Waals surface area contributed by atoms with Gasteiger partial charge in [-0.1, -0.05) is 24.3 Å². The van der Waals surface area contributed by atoms with Crippen molar-refractivity contribution in [2.45, 2.75) is 35.6 Å². The van der Waals surface area contributed by atoms with Crippen molar-refractivity contribution in [1.29, 1.82) is 0 Å². The summed E-state index contributed by atoms with van der Waals surface area (Å²) in [6.45, 7) is 0. The Morgan fingerprint density at radius 1 is 0.630 bits per heavy atom. The molecule has 0 amide bonds. The molecule has 0 saturated carbocycles. The molecule has 7 heteroatoms. The third-order valence-electron chi connectivity index (χ3n) is 5.78. The summed E-state index contributed by atoms with van der Waals surface area (Å²) in [5.74, 6) is 1.19. The summed E-state index contributed by atoms with van der Waals surface area (Å²) in [6.07, 6.45) is -5.75. The number of aliphatic hydroxyl groups excluding tert-OH is 4. The van der Waals surface area contributed by atoms with E-state index in [0.29, 0.717) is 22.6 Å². The molecular formula is C20H22O7. The van der Waals surface area contributed by atoms with Crippen LogP contribution < -0.4 is 9.47 Å². The van der Waals surface area contributed by atoms with Gasteiger partial charge in [-0.2, -0.15) is 0 Å². The molecule has 0 radical (unpaired) electrons. The topological polar surface area (TPSA) is 109 Å². The van der Waals surface area contributed by atoms with Crippen LogP contribution in [0, 0.1) is 0 Å². The highest BCUT2D eigenvalue weighted by molar-refractivity contribution is 5.44. The molecule has 144 valence electrons. The molecule has 4 unspecified atom stereocenters. The molecule has 2 aromatic rings. The van der Waals surface area contributed by atoms with Gasteiger partial charge in [0.05, 0.1) is 14.2 Å². The van der Waals surface area contributed by atoms with Crippen molar-refractivity contribution in [1.82, 2.24) is 0 Å². The molecule has 2 bridgehead atoms. The van der Waals surface area contributed by atoms with Crippen LogP contribution in [0.2, 0.25) is 0 Å². The Labute approximate surface area is 156 Å². The largest absolute Gasteiger partial charge is 0.497 e.